The monoisotopic (exact) mass is 376 g/mol. The van der Waals surface area contributed by atoms with Crippen LogP contribution in [-0.4, -0.2) is 22.8 Å². The smallest absolute Gasteiger partial charge is 0.269 e. The van der Waals surface area contributed by atoms with E-state index in [2.05, 4.69) is 21.2 Å². The summed E-state index contributed by atoms with van der Waals surface area (Å²) in [5, 5.41) is 3.50. The summed E-state index contributed by atoms with van der Waals surface area (Å²) in [5.41, 5.74) is 4.90. The predicted octanol–water partition coefficient (Wildman–Crippen LogP) is 2.84. The van der Waals surface area contributed by atoms with E-state index in [9.17, 15) is 18.4 Å². The Kier molecular flexibility index (Phi) is 5.08. The molecule has 0 unspecified atom stereocenters. The normalized spacial score (nSPS) is 11.8. The molecule has 0 fully saturated rings. The average Bonchev–Trinajstić information content (AvgIpc) is 3.00. The Morgan fingerprint density at radius 3 is 2.46 bits per heavy atom. The maximum Gasteiger partial charge on any atom is 0.269 e. The molecule has 134 valence electrons. The minimum absolute atomic E-state index is 0.241. The number of halogens is 2. The third-order valence-electron chi connectivity index (χ3n) is 3.45. The lowest BCUT2D eigenvalue weighted by Gasteiger charge is -2.13. The molecule has 3 aromatic rings. The van der Waals surface area contributed by atoms with Crippen molar-refractivity contribution < 1.29 is 18.4 Å². The largest absolute Gasteiger partial charge is 0.350 e. The number of benzene rings is 2. The molecule has 26 heavy (non-hydrogen) atoms. The van der Waals surface area contributed by atoms with E-state index in [1.807, 2.05) is 24.3 Å². The van der Waals surface area contributed by atoms with Gasteiger partial charge in [-0.05, 0) is 31.2 Å². The van der Waals surface area contributed by atoms with Crippen molar-refractivity contribution in [3.05, 3.63) is 59.7 Å². The number of amides is 2. The van der Waals surface area contributed by atoms with Crippen LogP contribution in [0.3, 0.4) is 0 Å². The van der Waals surface area contributed by atoms with Crippen molar-refractivity contribution >= 4 is 38.5 Å². The molecule has 0 saturated carbocycles. The number of rotatable bonds is 4. The molecule has 9 heteroatoms. The van der Waals surface area contributed by atoms with Crippen molar-refractivity contribution in [2.24, 2.45) is 0 Å². The number of thiazole rings is 1. The Morgan fingerprint density at radius 2 is 1.77 bits per heavy atom. The number of para-hydroxylation sites is 1. The molecule has 3 N–H and O–H groups in total. The van der Waals surface area contributed by atoms with Crippen molar-refractivity contribution in [2.45, 2.75) is 13.0 Å². The second-order valence-electron chi connectivity index (χ2n) is 5.45. The zero-order chi connectivity index (χ0) is 18.7. The van der Waals surface area contributed by atoms with Crippen molar-refractivity contribution in [3.8, 4) is 0 Å². The van der Waals surface area contributed by atoms with Gasteiger partial charge in [0.25, 0.3) is 11.8 Å². The van der Waals surface area contributed by atoms with Gasteiger partial charge < -0.3 is 5.32 Å². The van der Waals surface area contributed by atoms with Crippen LogP contribution in [0.25, 0.3) is 10.2 Å². The van der Waals surface area contributed by atoms with E-state index in [4.69, 9.17) is 0 Å². The van der Waals surface area contributed by atoms with Crippen LogP contribution in [0.2, 0.25) is 0 Å². The van der Waals surface area contributed by atoms with Crippen LogP contribution in [0.15, 0.2) is 42.5 Å². The van der Waals surface area contributed by atoms with Gasteiger partial charge in [-0.15, -0.1) is 0 Å². The van der Waals surface area contributed by atoms with Crippen LogP contribution in [0.4, 0.5) is 13.9 Å². The van der Waals surface area contributed by atoms with Gasteiger partial charge in [0.1, 0.15) is 17.7 Å². The highest BCUT2D eigenvalue weighted by Gasteiger charge is 2.16. The van der Waals surface area contributed by atoms with Crippen LogP contribution in [0, 0.1) is 11.6 Å². The zero-order valence-electron chi connectivity index (χ0n) is 13.5. The number of anilines is 1. The molecule has 0 aliphatic rings. The fourth-order valence-electron chi connectivity index (χ4n) is 2.17. The maximum atomic E-state index is 13.1. The SMILES string of the molecule is C[C@@H](Nc1nc2ccccc2s1)C(=O)NNC(=O)c1cc(F)cc(F)c1. The van der Waals surface area contributed by atoms with E-state index < -0.39 is 29.5 Å². The van der Waals surface area contributed by atoms with Gasteiger partial charge >= 0.3 is 0 Å². The van der Waals surface area contributed by atoms with Crippen molar-refractivity contribution in [3.63, 3.8) is 0 Å². The van der Waals surface area contributed by atoms with Gasteiger partial charge in [0.05, 0.1) is 10.2 Å². The van der Waals surface area contributed by atoms with Crippen LogP contribution in [0.5, 0.6) is 0 Å². The van der Waals surface area contributed by atoms with Crippen LogP contribution in [0.1, 0.15) is 17.3 Å². The number of carbonyl (C=O) groups is 2. The standard InChI is InChI=1S/C17H14F2N4O2S/c1-9(20-17-21-13-4-2-3-5-14(13)26-17)15(24)22-23-16(25)10-6-11(18)8-12(19)7-10/h2-9H,1H3,(H,20,21)(H,22,24)(H,23,25)/t9-/m1/s1. The molecule has 0 spiro atoms. The van der Waals surface area contributed by atoms with Gasteiger partial charge in [0.2, 0.25) is 0 Å². The maximum absolute atomic E-state index is 13.1. The Labute approximate surface area is 151 Å². The number of hydrogen-bond acceptors (Lipinski definition) is 5. The van der Waals surface area contributed by atoms with E-state index in [1.54, 1.807) is 6.92 Å². The first-order chi connectivity index (χ1) is 12.4. The predicted molar refractivity (Wildman–Crippen MR) is 94.7 cm³/mol. The zero-order valence-corrected chi connectivity index (χ0v) is 14.4. The highest BCUT2D eigenvalue weighted by atomic mass is 32.1. The lowest BCUT2D eigenvalue weighted by molar-refractivity contribution is -0.122. The fourth-order valence-corrected chi connectivity index (χ4v) is 3.12. The van der Waals surface area contributed by atoms with Crippen molar-refractivity contribution in [1.29, 1.82) is 0 Å². The van der Waals surface area contributed by atoms with Crippen LogP contribution >= 0.6 is 11.3 Å². The molecule has 0 radical (unpaired) electrons. The molecule has 0 saturated heterocycles. The van der Waals surface area contributed by atoms with E-state index in [-0.39, 0.29) is 5.56 Å². The number of nitrogens with zero attached hydrogens (tertiary/aromatic N) is 1. The summed E-state index contributed by atoms with van der Waals surface area (Å²) < 4.78 is 27.2. The Balaban J connectivity index is 1.57. The third-order valence-corrected chi connectivity index (χ3v) is 4.42. The van der Waals surface area contributed by atoms with Gasteiger partial charge in [-0.25, -0.2) is 13.8 Å². The molecule has 0 aliphatic carbocycles. The molecule has 1 aromatic heterocycles. The van der Waals surface area contributed by atoms with Gasteiger partial charge in [0.15, 0.2) is 5.13 Å². The number of nitrogens with one attached hydrogen (secondary N) is 3. The Morgan fingerprint density at radius 1 is 1.08 bits per heavy atom. The summed E-state index contributed by atoms with van der Waals surface area (Å²) in [6, 6.07) is 9.24. The molecular weight excluding hydrogens is 362 g/mol. The van der Waals surface area contributed by atoms with Crippen molar-refractivity contribution in [1.82, 2.24) is 15.8 Å². The second kappa shape index (κ2) is 7.44. The number of hydrogen-bond donors (Lipinski definition) is 3. The summed E-state index contributed by atoms with van der Waals surface area (Å²) in [4.78, 5) is 28.3. The summed E-state index contributed by atoms with van der Waals surface area (Å²) in [6.45, 7) is 1.59. The molecule has 2 amide bonds. The molecular formula is C17H14F2N4O2S. The highest BCUT2D eigenvalue weighted by Crippen LogP contribution is 2.25. The van der Waals surface area contributed by atoms with E-state index >= 15 is 0 Å². The Hall–Kier alpha value is -3.07. The molecule has 6 nitrogen and oxygen atoms in total. The number of aromatic nitrogens is 1. The van der Waals surface area contributed by atoms with Gasteiger partial charge in [-0.1, -0.05) is 23.5 Å². The molecule has 1 heterocycles. The van der Waals surface area contributed by atoms with Gasteiger partial charge in [-0.3, -0.25) is 20.4 Å². The molecule has 3 rings (SSSR count). The van der Waals surface area contributed by atoms with Crippen LogP contribution < -0.4 is 16.2 Å². The van der Waals surface area contributed by atoms with E-state index in [0.29, 0.717) is 11.2 Å². The second-order valence-corrected chi connectivity index (χ2v) is 6.48. The summed E-state index contributed by atoms with van der Waals surface area (Å²) in [7, 11) is 0. The van der Waals surface area contributed by atoms with Crippen LogP contribution in [-0.2, 0) is 4.79 Å². The first-order valence-corrected chi connectivity index (χ1v) is 8.42. The average molecular weight is 376 g/mol. The highest BCUT2D eigenvalue weighted by molar-refractivity contribution is 7.22. The lowest BCUT2D eigenvalue weighted by atomic mass is 10.2. The number of fused-ring (bicyclic) bond motifs is 1. The molecule has 2 aromatic carbocycles. The number of hydrazine groups is 1. The third kappa shape index (κ3) is 4.12. The fraction of sp³-hybridized carbons (Fsp3) is 0.118. The first kappa shape index (κ1) is 17.7. The van der Waals surface area contributed by atoms with Gasteiger partial charge in [0, 0.05) is 11.6 Å². The number of carbonyl (C=O) groups excluding carboxylic acids is 2. The summed E-state index contributed by atoms with van der Waals surface area (Å²) in [5.74, 6) is -3.13. The topological polar surface area (TPSA) is 83.1 Å². The Bertz CT molecular complexity index is 923. The van der Waals surface area contributed by atoms with Crippen molar-refractivity contribution in [2.75, 3.05) is 5.32 Å². The quantitative estimate of drug-likeness (QED) is 0.612. The van der Waals surface area contributed by atoms with E-state index in [1.165, 1.54) is 11.3 Å². The minimum atomic E-state index is -0.882. The van der Waals surface area contributed by atoms with E-state index in [0.717, 1.165) is 22.3 Å². The molecule has 0 aliphatic heterocycles. The minimum Gasteiger partial charge on any atom is -0.350 e. The van der Waals surface area contributed by atoms with Gasteiger partial charge in [-0.2, -0.15) is 0 Å². The first-order valence-electron chi connectivity index (χ1n) is 7.61. The summed E-state index contributed by atoms with van der Waals surface area (Å²) in [6.07, 6.45) is 0. The lowest BCUT2D eigenvalue weighted by Crippen LogP contribution is -2.47. The molecule has 0 bridgehead atoms. The summed E-state index contributed by atoms with van der Waals surface area (Å²) >= 11 is 1.39. The molecule has 1 atom stereocenters.